The number of nitrogens with one attached hydrogen (secondary N) is 1. The molecule has 0 aliphatic heterocycles. The smallest absolute Gasteiger partial charge is 0.266 e. The highest BCUT2D eigenvalue weighted by atomic mass is 32.2. The number of rotatable bonds is 6. The third kappa shape index (κ3) is 4.64. The van der Waals surface area contributed by atoms with Gasteiger partial charge in [0, 0.05) is 5.69 Å². The lowest BCUT2D eigenvalue weighted by molar-refractivity contribution is -0.113. The van der Waals surface area contributed by atoms with Crippen molar-refractivity contribution in [1.82, 2.24) is 9.55 Å². The molecule has 0 aliphatic rings. The van der Waals surface area contributed by atoms with Crippen molar-refractivity contribution < 1.29 is 4.79 Å². The average molecular weight is 472 g/mol. The highest BCUT2D eigenvalue weighted by Gasteiger charge is 2.18. The molecule has 1 N–H and O–H groups in total. The largest absolute Gasteiger partial charge is 0.325 e. The SMILES string of the molecule is Cc1cccc(C(C)C)c1NC(=O)CSc1nc2ccccc2c(=O)n1-c1c(C)cccc1C. The molecular weight excluding hydrogens is 442 g/mol. The minimum Gasteiger partial charge on any atom is -0.325 e. The van der Waals surface area contributed by atoms with Crippen LogP contribution >= 0.6 is 11.8 Å². The van der Waals surface area contributed by atoms with Crippen LogP contribution in [0.25, 0.3) is 16.6 Å². The lowest BCUT2D eigenvalue weighted by Gasteiger charge is -2.18. The molecule has 6 heteroatoms. The molecular formula is C28H29N3O2S. The molecule has 1 aromatic heterocycles. The van der Waals surface area contributed by atoms with E-state index in [1.165, 1.54) is 11.8 Å². The van der Waals surface area contributed by atoms with Crippen molar-refractivity contribution in [2.24, 2.45) is 0 Å². The van der Waals surface area contributed by atoms with Gasteiger partial charge in [-0.2, -0.15) is 0 Å². The molecule has 4 rings (SSSR count). The van der Waals surface area contributed by atoms with Crippen molar-refractivity contribution in [3.8, 4) is 5.69 Å². The summed E-state index contributed by atoms with van der Waals surface area (Å²) in [6.45, 7) is 10.2. The summed E-state index contributed by atoms with van der Waals surface area (Å²) >= 11 is 1.28. The van der Waals surface area contributed by atoms with Crippen LogP contribution in [0.2, 0.25) is 0 Å². The molecule has 5 nitrogen and oxygen atoms in total. The van der Waals surface area contributed by atoms with E-state index in [9.17, 15) is 9.59 Å². The standard InChI is InChI=1S/C28H29N3O2S/c1-17(2)21-14-9-10-18(3)25(21)30-24(32)16-34-28-29-23-15-7-6-13-22(23)27(33)31(28)26-19(4)11-8-12-20(26)5/h6-15,17H,16H2,1-5H3,(H,30,32). The molecule has 0 aliphatic carbocycles. The van der Waals surface area contributed by atoms with E-state index in [4.69, 9.17) is 4.98 Å². The predicted octanol–water partition coefficient (Wildman–Crippen LogP) is 6.17. The first-order chi connectivity index (χ1) is 16.3. The van der Waals surface area contributed by atoms with Gasteiger partial charge in [0.15, 0.2) is 5.16 Å². The Balaban J connectivity index is 1.72. The van der Waals surface area contributed by atoms with Crippen molar-refractivity contribution in [3.63, 3.8) is 0 Å². The van der Waals surface area contributed by atoms with Gasteiger partial charge in [-0.3, -0.25) is 14.2 Å². The van der Waals surface area contributed by atoms with Crippen molar-refractivity contribution in [2.45, 2.75) is 45.7 Å². The first kappa shape index (κ1) is 23.8. The maximum absolute atomic E-state index is 13.6. The molecule has 0 fully saturated rings. The normalized spacial score (nSPS) is 11.2. The molecule has 0 radical (unpaired) electrons. The number of hydrogen-bond donors (Lipinski definition) is 1. The molecule has 3 aromatic carbocycles. The summed E-state index contributed by atoms with van der Waals surface area (Å²) in [5.74, 6) is 0.303. The van der Waals surface area contributed by atoms with E-state index in [2.05, 4.69) is 19.2 Å². The van der Waals surface area contributed by atoms with Crippen LogP contribution in [0, 0.1) is 20.8 Å². The first-order valence-electron chi connectivity index (χ1n) is 11.4. The third-order valence-electron chi connectivity index (χ3n) is 5.93. The summed E-state index contributed by atoms with van der Waals surface area (Å²) in [5, 5.41) is 4.15. The number of thioether (sulfide) groups is 1. The summed E-state index contributed by atoms with van der Waals surface area (Å²) in [4.78, 5) is 31.3. The van der Waals surface area contributed by atoms with Gasteiger partial charge in [0.2, 0.25) is 5.91 Å². The fourth-order valence-electron chi connectivity index (χ4n) is 4.21. The van der Waals surface area contributed by atoms with Gasteiger partial charge in [-0.25, -0.2) is 4.98 Å². The number of aryl methyl sites for hydroxylation is 3. The second kappa shape index (κ2) is 9.85. The quantitative estimate of drug-likeness (QED) is 0.270. The van der Waals surface area contributed by atoms with Crippen LogP contribution in [0.3, 0.4) is 0 Å². The third-order valence-corrected chi connectivity index (χ3v) is 6.87. The molecule has 1 amide bonds. The molecule has 34 heavy (non-hydrogen) atoms. The predicted molar refractivity (Wildman–Crippen MR) is 141 cm³/mol. The van der Waals surface area contributed by atoms with Gasteiger partial charge in [-0.05, 0) is 61.1 Å². The van der Waals surface area contributed by atoms with Crippen molar-refractivity contribution in [1.29, 1.82) is 0 Å². The summed E-state index contributed by atoms with van der Waals surface area (Å²) in [5.41, 5.74) is 6.26. The molecule has 0 saturated heterocycles. The molecule has 4 aromatic rings. The number of amides is 1. The Morgan fingerprint density at radius 1 is 0.941 bits per heavy atom. The number of benzene rings is 3. The Bertz CT molecular complexity index is 1420. The van der Waals surface area contributed by atoms with Crippen LogP contribution in [-0.4, -0.2) is 21.2 Å². The number of nitrogens with zero attached hydrogens (tertiary/aromatic N) is 2. The second-order valence-electron chi connectivity index (χ2n) is 8.82. The Kier molecular flexibility index (Phi) is 6.89. The summed E-state index contributed by atoms with van der Waals surface area (Å²) < 4.78 is 1.65. The molecule has 174 valence electrons. The number of aromatic nitrogens is 2. The van der Waals surface area contributed by atoms with Gasteiger partial charge in [0.25, 0.3) is 5.56 Å². The maximum Gasteiger partial charge on any atom is 0.266 e. The Labute approximate surface area is 204 Å². The fourth-order valence-corrected chi connectivity index (χ4v) is 5.01. The molecule has 0 saturated carbocycles. The van der Waals surface area contributed by atoms with Crippen LogP contribution in [-0.2, 0) is 4.79 Å². The molecule has 1 heterocycles. The minimum absolute atomic E-state index is 0.128. The van der Waals surface area contributed by atoms with Crippen molar-refractivity contribution >= 4 is 34.3 Å². The zero-order valence-electron chi connectivity index (χ0n) is 20.2. The van der Waals surface area contributed by atoms with Crippen molar-refractivity contribution in [3.05, 3.63) is 93.3 Å². The number of carbonyl (C=O) groups is 1. The van der Waals surface area contributed by atoms with Crippen LogP contribution < -0.4 is 10.9 Å². The monoisotopic (exact) mass is 471 g/mol. The van der Waals surface area contributed by atoms with E-state index in [0.717, 1.165) is 33.6 Å². The van der Waals surface area contributed by atoms with Crippen molar-refractivity contribution in [2.75, 3.05) is 11.1 Å². The average Bonchev–Trinajstić information content (AvgIpc) is 2.80. The highest BCUT2D eigenvalue weighted by molar-refractivity contribution is 7.99. The Hall–Kier alpha value is -3.38. The van der Waals surface area contributed by atoms with Crippen LogP contribution in [0.5, 0.6) is 0 Å². The van der Waals surface area contributed by atoms with E-state index >= 15 is 0 Å². The van der Waals surface area contributed by atoms with E-state index in [0.29, 0.717) is 22.0 Å². The van der Waals surface area contributed by atoms with Gasteiger partial charge >= 0.3 is 0 Å². The fraction of sp³-hybridized carbons (Fsp3) is 0.250. The van der Waals surface area contributed by atoms with Gasteiger partial charge in [-0.1, -0.05) is 74.1 Å². The Morgan fingerprint density at radius 3 is 2.29 bits per heavy atom. The van der Waals surface area contributed by atoms with E-state index < -0.39 is 0 Å². The maximum atomic E-state index is 13.6. The van der Waals surface area contributed by atoms with Crippen LogP contribution in [0.15, 0.2) is 70.6 Å². The van der Waals surface area contributed by atoms with Gasteiger partial charge in [-0.15, -0.1) is 0 Å². The molecule has 0 spiro atoms. The highest BCUT2D eigenvalue weighted by Crippen LogP contribution is 2.29. The van der Waals surface area contributed by atoms with Crippen LogP contribution in [0.1, 0.15) is 42.0 Å². The number of para-hydroxylation sites is 3. The first-order valence-corrected chi connectivity index (χ1v) is 12.4. The minimum atomic E-state index is -0.132. The second-order valence-corrected chi connectivity index (χ2v) is 9.77. The lowest BCUT2D eigenvalue weighted by atomic mass is 9.98. The number of carbonyl (C=O) groups excluding carboxylic acids is 1. The van der Waals surface area contributed by atoms with Gasteiger partial charge in [0.05, 0.1) is 22.3 Å². The summed E-state index contributed by atoms with van der Waals surface area (Å²) in [7, 11) is 0. The molecule has 0 bridgehead atoms. The van der Waals surface area contributed by atoms with E-state index in [1.54, 1.807) is 10.6 Å². The van der Waals surface area contributed by atoms with Gasteiger partial charge in [0.1, 0.15) is 0 Å². The summed E-state index contributed by atoms with van der Waals surface area (Å²) in [6, 6.07) is 19.3. The zero-order chi connectivity index (χ0) is 24.4. The van der Waals surface area contributed by atoms with Gasteiger partial charge < -0.3 is 5.32 Å². The number of fused-ring (bicyclic) bond motifs is 1. The molecule has 0 atom stereocenters. The number of anilines is 1. The lowest BCUT2D eigenvalue weighted by Crippen LogP contribution is -2.24. The molecule has 0 unspecified atom stereocenters. The Morgan fingerprint density at radius 2 is 1.59 bits per heavy atom. The number of hydrogen-bond acceptors (Lipinski definition) is 4. The summed E-state index contributed by atoms with van der Waals surface area (Å²) in [6.07, 6.45) is 0. The zero-order valence-corrected chi connectivity index (χ0v) is 21.0. The van der Waals surface area contributed by atoms with Crippen LogP contribution in [0.4, 0.5) is 5.69 Å². The van der Waals surface area contributed by atoms with E-state index in [-0.39, 0.29) is 17.2 Å². The topological polar surface area (TPSA) is 64.0 Å². The van der Waals surface area contributed by atoms with E-state index in [1.807, 2.05) is 75.4 Å².